The zero-order chi connectivity index (χ0) is 22.4. The summed E-state index contributed by atoms with van der Waals surface area (Å²) >= 11 is 1.19. The molecule has 0 fully saturated rings. The highest BCUT2D eigenvalue weighted by molar-refractivity contribution is 7.99. The summed E-state index contributed by atoms with van der Waals surface area (Å²) in [7, 11) is 0. The molecule has 1 unspecified atom stereocenters. The van der Waals surface area contributed by atoms with Crippen molar-refractivity contribution in [3.05, 3.63) is 54.1 Å². The highest BCUT2D eigenvalue weighted by Crippen LogP contribution is 2.24. The molecule has 0 spiro atoms. The molecule has 31 heavy (non-hydrogen) atoms. The molecule has 0 aliphatic rings. The summed E-state index contributed by atoms with van der Waals surface area (Å²) in [6.45, 7) is -1.37. The van der Waals surface area contributed by atoms with E-state index in [0.29, 0.717) is 27.9 Å². The molecule has 2 aromatic carbocycles. The van der Waals surface area contributed by atoms with Gasteiger partial charge in [-0.1, -0.05) is 11.8 Å². The normalized spacial score (nSPS) is 12.0. The molecule has 8 nitrogen and oxygen atoms in total. The highest BCUT2D eigenvalue weighted by Gasteiger charge is 2.15. The third kappa shape index (κ3) is 6.15. The van der Waals surface area contributed by atoms with E-state index in [9.17, 15) is 18.7 Å². The molecule has 164 valence electrons. The number of hydrogen-bond donors (Lipinski definition) is 2. The lowest BCUT2D eigenvalue weighted by atomic mass is 10.1. The van der Waals surface area contributed by atoms with Crippen LogP contribution in [0.3, 0.4) is 0 Å². The van der Waals surface area contributed by atoms with Crippen molar-refractivity contribution in [1.82, 2.24) is 14.9 Å². The van der Waals surface area contributed by atoms with Crippen molar-refractivity contribution in [2.45, 2.75) is 24.8 Å². The smallest absolute Gasteiger partial charge is 0.387 e. The van der Waals surface area contributed by atoms with Gasteiger partial charge in [0.05, 0.1) is 6.10 Å². The molecule has 0 saturated carbocycles. The van der Waals surface area contributed by atoms with Gasteiger partial charge in [0.1, 0.15) is 18.1 Å². The maximum absolute atomic E-state index is 12.2. The zero-order valence-corrected chi connectivity index (χ0v) is 17.3. The first-order valence-electron chi connectivity index (χ1n) is 9.14. The summed E-state index contributed by atoms with van der Waals surface area (Å²) in [5.74, 6) is 7.14. The van der Waals surface area contributed by atoms with Crippen LogP contribution in [0.1, 0.15) is 17.3 Å². The van der Waals surface area contributed by atoms with Crippen LogP contribution >= 0.6 is 11.8 Å². The number of Topliss-reactive ketones (excluding diaryl/α,β-unsaturated/α-hetero) is 1. The summed E-state index contributed by atoms with van der Waals surface area (Å²) in [4.78, 5) is 11.3. The van der Waals surface area contributed by atoms with Gasteiger partial charge in [-0.15, -0.1) is 10.2 Å². The van der Waals surface area contributed by atoms with E-state index in [4.69, 9.17) is 10.6 Å². The zero-order valence-electron chi connectivity index (χ0n) is 16.4. The van der Waals surface area contributed by atoms with Crippen molar-refractivity contribution in [3.8, 4) is 22.9 Å². The number of aliphatic hydroxyl groups excluding tert-OH is 1. The summed E-state index contributed by atoms with van der Waals surface area (Å²) in [5.41, 5.74) is 1.15. The van der Waals surface area contributed by atoms with Gasteiger partial charge in [-0.3, -0.25) is 4.79 Å². The molecule has 0 amide bonds. The summed E-state index contributed by atoms with van der Waals surface area (Å²) in [6.07, 6.45) is -0.802. The molecule has 11 heteroatoms. The predicted molar refractivity (Wildman–Crippen MR) is 111 cm³/mol. The topological polar surface area (TPSA) is 112 Å². The number of aliphatic hydroxyl groups is 1. The first kappa shape index (κ1) is 22.5. The molecule has 1 aromatic heterocycles. The van der Waals surface area contributed by atoms with Crippen molar-refractivity contribution in [3.63, 3.8) is 0 Å². The number of rotatable bonds is 10. The molecule has 0 saturated heterocycles. The van der Waals surface area contributed by atoms with Crippen molar-refractivity contribution in [2.24, 2.45) is 0 Å². The number of ether oxygens (including phenoxy) is 2. The van der Waals surface area contributed by atoms with E-state index < -0.39 is 12.7 Å². The van der Waals surface area contributed by atoms with Crippen molar-refractivity contribution in [2.75, 3.05) is 18.2 Å². The van der Waals surface area contributed by atoms with Gasteiger partial charge >= 0.3 is 6.61 Å². The molecule has 1 heterocycles. The Morgan fingerprint density at radius 1 is 1.13 bits per heavy atom. The Labute approximate surface area is 181 Å². The number of ketones is 1. The molecule has 3 aromatic rings. The summed E-state index contributed by atoms with van der Waals surface area (Å²) < 4.78 is 35.6. The number of halogens is 2. The van der Waals surface area contributed by atoms with Crippen molar-refractivity contribution in [1.29, 1.82) is 0 Å². The Kier molecular flexibility index (Phi) is 7.42. The molecule has 1 atom stereocenters. The van der Waals surface area contributed by atoms with Crippen LogP contribution in [0.25, 0.3) is 11.4 Å². The average Bonchev–Trinajstić information content (AvgIpc) is 3.11. The van der Waals surface area contributed by atoms with E-state index in [2.05, 4.69) is 14.9 Å². The predicted octanol–water partition coefficient (Wildman–Crippen LogP) is 2.99. The highest BCUT2D eigenvalue weighted by atomic mass is 32.2. The average molecular weight is 450 g/mol. The van der Waals surface area contributed by atoms with Gasteiger partial charge < -0.3 is 20.4 Å². The van der Waals surface area contributed by atoms with Crippen LogP contribution in [-0.4, -0.2) is 50.8 Å². The molecular weight excluding hydrogens is 430 g/mol. The fourth-order valence-corrected chi connectivity index (χ4v) is 3.32. The van der Waals surface area contributed by atoms with Crippen molar-refractivity contribution < 1.29 is 28.2 Å². The van der Waals surface area contributed by atoms with E-state index in [0.717, 1.165) is 0 Å². The Bertz CT molecular complexity index is 1010. The quantitative estimate of drug-likeness (QED) is 0.275. The maximum Gasteiger partial charge on any atom is 0.387 e. The lowest BCUT2D eigenvalue weighted by molar-refractivity contribution is -0.0498. The van der Waals surface area contributed by atoms with E-state index >= 15 is 0 Å². The number of carbonyl (C=O) groups excluding carboxylic acids is 1. The molecule has 3 rings (SSSR count). The molecule has 0 radical (unpaired) electrons. The number of thioether (sulfide) groups is 1. The summed E-state index contributed by atoms with van der Waals surface area (Å²) in [6, 6.07) is 12.5. The van der Waals surface area contributed by atoms with Crippen LogP contribution in [0.5, 0.6) is 11.5 Å². The maximum atomic E-state index is 12.2. The number of hydrogen-bond acceptors (Lipinski definition) is 8. The Balaban J connectivity index is 1.52. The Morgan fingerprint density at radius 3 is 2.39 bits per heavy atom. The SMILES string of the molecule is CC(=O)c1ccc(OCC(O)CSc2nnc(-c3ccc(OC(F)F)cc3)n2N)cc1. The lowest BCUT2D eigenvalue weighted by Gasteiger charge is -2.12. The second-order valence-electron chi connectivity index (χ2n) is 6.44. The molecule has 0 aliphatic carbocycles. The van der Waals surface area contributed by atoms with E-state index in [1.54, 1.807) is 36.4 Å². The standard InChI is InChI=1S/C20H20F2N4O4S/c1-12(27)13-2-6-16(7-3-13)29-10-15(28)11-31-20-25-24-18(26(20)23)14-4-8-17(9-5-14)30-19(21)22/h2-9,15,19,28H,10-11,23H2,1H3. The molecule has 0 aliphatic heterocycles. The number of carbonyl (C=O) groups is 1. The number of nitrogen functional groups attached to an aromatic ring is 1. The third-order valence-corrected chi connectivity index (χ3v) is 5.20. The van der Waals surface area contributed by atoms with Crippen LogP contribution in [0.2, 0.25) is 0 Å². The van der Waals surface area contributed by atoms with Crippen LogP contribution < -0.4 is 15.3 Å². The first-order valence-corrected chi connectivity index (χ1v) is 10.1. The summed E-state index contributed by atoms with van der Waals surface area (Å²) in [5, 5.41) is 18.5. The first-order chi connectivity index (χ1) is 14.8. The van der Waals surface area contributed by atoms with E-state index in [1.807, 2.05) is 0 Å². The van der Waals surface area contributed by atoms with Gasteiger partial charge in [-0.05, 0) is 55.5 Å². The number of aromatic nitrogens is 3. The fraction of sp³-hybridized carbons (Fsp3) is 0.250. The van der Waals surface area contributed by atoms with Crippen LogP contribution in [0, 0.1) is 0 Å². The second-order valence-corrected chi connectivity index (χ2v) is 7.42. The van der Waals surface area contributed by atoms with Gasteiger partial charge in [0.2, 0.25) is 5.16 Å². The van der Waals surface area contributed by atoms with Gasteiger partial charge in [-0.25, -0.2) is 4.68 Å². The van der Waals surface area contributed by atoms with E-state index in [1.165, 1.54) is 35.5 Å². The minimum absolute atomic E-state index is 0.0236. The third-order valence-electron chi connectivity index (χ3n) is 4.11. The molecular formula is C20H20F2N4O4S. The minimum atomic E-state index is -2.90. The van der Waals surface area contributed by atoms with Gasteiger partial charge in [0.15, 0.2) is 11.6 Å². The molecule has 0 bridgehead atoms. The van der Waals surface area contributed by atoms with E-state index in [-0.39, 0.29) is 23.9 Å². The minimum Gasteiger partial charge on any atom is -0.491 e. The Morgan fingerprint density at radius 2 is 1.77 bits per heavy atom. The van der Waals surface area contributed by atoms with Crippen LogP contribution in [-0.2, 0) is 0 Å². The number of alkyl halides is 2. The van der Waals surface area contributed by atoms with Gasteiger partial charge in [0.25, 0.3) is 0 Å². The molecule has 3 N–H and O–H groups in total. The largest absolute Gasteiger partial charge is 0.491 e. The Hall–Kier alpha value is -3.18. The van der Waals surface area contributed by atoms with Crippen LogP contribution in [0.4, 0.5) is 8.78 Å². The second kappa shape index (κ2) is 10.2. The number of benzene rings is 2. The fourth-order valence-electron chi connectivity index (χ4n) is 2.55. The number of nitrogens with two attached hydrogens (primary N) is 1. The van der Waals surface area contributed by atoms with Crippen LogP contribution in [0.15, 0.2) is 53.7 Å². The van der Waals surface area contributed by atoms with Gasteiger partial charge in [-0.2, -0.15) is 8.78 Å². The number of nitrogens with zero attached hydrogens (tertiary/aromatic N) is 3. The van der Waals surface area contributed by atoms with Crippen molar-refractivity contribution >= 4 is 17.5 Å². The monoisotopic (exact) mass is 450 g/mol. The van der Waals surface area contributed by atoms with Gasteiger partial charge in [0, 0.05) is 16.9 Å². The lowest BCUT2D eigenvalue weighted by Crippen LogP contribution is -2.21.